The number of aryl methyl sites for hydroxylation is 1. The van der Waals surface area contributed by atoms with Gasteiger partial charge in [0, 0.05) is 4.88 Å². The molecule has 0 aliphatic heterocycles. The van der Waals surface area contributed by atoms with E-state index in [4.69, 9.17) is 5.73 Å². The molecule has 0 amide bonds. The highest BCUT2D eigenvalue weighted by atomic mass is 79.9. The lowest BCUT2D eigenvalue weighted by Gasteiger charge is -2.13. The molecule has 0 saturated carbocycles. The van der Waals surface area contributed by atoms with Crippen molar-refractivity contribution < 1.29 is 0 Å². The predicted molar refractivity (Wildman–Crippen MR) is 86.7 cm³/mol. The maximum Gasteiger partial charge on any atom is 0.0704 e. The number of hydrogen-bond donors (Lipinski definition) is 1. The smallest absolute Gasteiger partial charge is 0.0704 e. The van der Waals surface area contributed by atoms with E-state index in [-0.39, 0.29) is 6.04 Å². The van der Waals surface area contributed by atoms with Gasteiger partial charge in [-0.15, -0.1) is 11.3 Å². The minimum Gasteiger partial charge on any atom is -0.320 e. The van der Waals surface area contributed by atoms with E-state index in [1.165, 1.54) is 21.2 Å². The molecule has 0 fully saturated rings. The fourth-order valence-electron chi connectivity index (χ4n) is 2.35. The predicted octanol–water partition coefficient (Wildman–Crippen LogP) is 5.02. The number of thiophene rings is 1. The summed E-state index contributed by atoms with van der Waals surface area (Å²) in [5, 5.41) is 2.49. The molecule has 3 aromatic rings. The zero-order chi connectivity index (χ0) is 13.4. The average molecular weight is 332 g/mol. The summed E-state index contributed by atoms with van der Waals surface area (Å²) in [4.78, 5) is 1.27. The Morgan fingerprint density at radius 3 is 2.47 bits per heavy atom. The normalized spacial score (nSPS) is 12.8. The van der Waals surface area contributed by atoms with Crippen LogP contribution in [0.2, 0.25) is 0 Å². The Kier molecular flexibility index (Phi) is 3.44. The topological polar surface area (TPSA) is 26.0 Å². The van der Waals surface area contributed by atoms with E-state index in [0.717, 1.165) is 9.35 Å². The molecule has 19 heavy (non-hydrogen) atoms. The maximum atomic E-state index is 6.41. The summed E-state index contributed by atoms with van der Waals surface area (Å²) in [6, 6.07) is 16.9. The van der Waals surface area contributed by atoms with Gasteiger partial charge in [-0.25, -0.2) is 0 Å². The van der Waals surface area contributed by atoms with Crippen LogP contribution >= 0.6 is 27.3 Å². The van der Waals surface area contributed by atoms with Crippen LogP contribution in [-0.2, 0) is 0 Å². The molecule has 3 heteroatoms. The third kappa shape index (κ3) is 2.46. The third-order valence-corrected chi connectivity index (χ3v) is 4.96. The van der Waals surface area contributed by atoms with Crippen LogP contribution in [0.4, 0.5) is 0 Å². The molecule has 0 aliphatic carbocycles. The van der Waals surface area contributed by atoms with Gasteiger partial charge < -0.3 is 5.73 Å². The summed E-state index contributed by atoms with van der Waals surface area (Å²) < 4.78 is 1.14. The van der Waals surface area contributed by atoms with Crippen LogP contribution in [0.25, 0.3) is 10.8 Å². The van der Waals surface area contributed by atoms with Crippen molar-refractivity contribution in [1.29, 1.82) is 0 Å². The van der Waals surface area contributed by atoms with Gasteiger partial charge >= 0.3 is 0 Å². The van der Waals surface area contributed by atoms with Crippen molar-refractivity contribution in [3.63, 3.8) is 0 Å². The van der Waals surface area contributed by atoms with Crippen molar-refractivity contribution >= 4 is 38.0 Å². The molecule has 1 atom stereocenters. The first-order chi connectivity index (χ1) is 9.15. The lowest BCUT2D eigenvalue weighted by atomic mass is 9.97. The van der Waals surface area contributed by atoms with Crippen LogP contribution < -0.4 is 5.73 Å². The molecule has 2 N–H and O–H groups in total. The van der Waals surface area contributed by atoms with Gasteiger partial charge in [-0.1, -0.05) is 36.4 Å². The van der Waals surface area contributed by atoms with E-state index >= 15 is 0 Å². The number of benzene rings is 2. The molecule has 0 aliphatic rings. The van der Waals surface area contributed by atoms with Crippen molar-refractivity contribution in [2.75, 3.05) is 0 Å². The molecule has 96 valence electrons. The van der Waals surface area contributed by atoms with Gasteiger partial charge in [0.15, 0.2) is 0 Å². The lowest BCUT2D eigenvalue weighted by molar-refractivity contribution is 0.871. The van der Waals surface area contributed by atoms with E-state index in [1.54, 1.807) is 11.3 Å². The lowest BCUT2D eigenvalue weighted by Crippen LogP contribution is -2.11. The number of hydrogen-bond acceptors (Lipinski definition) is 2. The quantitative estimate of drug-likeness (QED) is 0.700. The molecule has 0 saturated heterocycles. The van der Waals surface area contributed by atoms with Crippen molar-refractivity contribution in [1.82, 2.24) is 0 Å². The zero-order valence-corrected chi connectivity index (χ0v) is 13.0. The van der Waals surface area contributed by atoms with Gasteiger partial charge in [0.1, 0.15) is 0 Å². The minimum atomic E-state index is -0.0628. The maximum absolute atomic E-state index is 6.41. The molecule has 1 unspecified atom stereocenters. The SMILES string of the molecule is Cc1sc(Br)cc1C(N)c1ccc2ccccc2c1. The highest BCUT2D eigenvalue weighted by molar-refractivity contribution is 9.11. The summed E-state index contributed by atoms with van der Waals surface area (Å²) in [5.74, 6) is 0. The summed E-state index contributed by atoms with van der Waals surface area (Å²) in [6.45, 7) is 2.12. The summed E-state index contributed by atoms with van der Waals surface area (Å²) in [5.41, 5.74) is 8.77. The second-order valence-electron chi connectivity index (χ2n) is 4.65. The monoisotopic (exact) mass is 331 g/mol. The first-order valence-electron chi connectivity index (χ1n) is 6.15. The van der Waals surface area contributed by atoms with Gasteiger partial charge in [-0.05, 0) is 56.9 Å². The van der Waals surface area contributed by atoms with Gasteiger partial charge in [-0.2, -0.15) is 0 Å². The van der Waals surface area contributed by atoms with E-state index in [0.29, 0.717) is 0 Å². The van der Waals surface area contributed by atoms with Crippen molar-refractivity contribution in [2.45, 2.75) is 13.0 Å². The first kappa shape index (κ1) is 12.9. The zero-order valence-electron chi connectivity index (χ0n) is 10.6. The summed E-state index contributed by atoms with van der Waals surface area (Å²) in [7, 11) is 0. The minimum absolute atomic E-state index is 0.0628. The summed E-state index contributed by atoms with van der Waals surface area (Å²) >= 11 is 5.26. The molecular weight excluding hydrogens is 318 g/mol. The number of rotatable bonds is 2. The van der Waals surface area contributed by atoms with E-state index in [1.807, 2.05) is 0 Å². The Bertz CT molecular complexity index is 732. The van der Waals surface area contributed by atoms with Gasteiger partial charge in [-0.3, -0.25) is 0 Å². The Labute approximate surface area is 125 Å². The Morgan fingerprint density at radius 1 is 1.05 bits per heavy atom. The molecular formula is C16H14BrNS. The Morgan fingerprint density at radius 2 is 1.79 bits per heavy atom. The van der Waals surface area contributed by atoms with Crippen LogP contribution in [0, 0.1) is 6.92 Å². The fraction of sp³-hybridized carbons (Fsp3) is 0.125. The Hall–Kier alpha value is -1.16. The molecule has 1 aromatic heterocycles. The van der Waals surface area contributed by atoms with Crippen LogP contribution in [0.3, 0.4) is 0 Å². The van der Waals surface area contributed by atoms with Gasteiger partial charge in [0.05, 0.1) is 9.83 Å². The van der Waals surface area contributed by atoms with Gasteiger partial charge in [0.25, 0.3) is 0 Å². The molecule has 1 heterocycles. The fourth-order valence-corrected chi connectivity index (χ4v) is 4.11. The molecule has 3 rings (SSSR count). The van der Waals surface area contributed by atoms with Crippen molar-refractivity contribution in [3.8, 4) is 0 Å². The largest absolute Gasteiger partial charge is 0.320 e. The second-order valence-corrected chi connectivity index (χ2v) is 7.28. The van der Waals surface area contributed by atoms with Crippen molar-refractivity contribution in [3.05, 3.63) is 68.3 Å². The first-order valence-corrected chi connectivity index (χ1v) is 7.76. The van der Waals surface area contributed by atoms with Crippen LogP contribution in [0.1, 0.15) is 22.0 Å². The van der Waals surface area contributed by atoms with E-state index in [9.17, 15) is 0 Å². The number of halogens is 1. The highest BCUT2D eigenvalue weighted by Gasteiger charge is 2.14. The van der Waals surface area contributed by atoms with Crippen LogP contribution in [0.15, 0.2) is 52.3 Å². The molecule has 1 nitrogen and oxygen atoms in total. The van der Waals surface area contributed by atoms with E-state index < -0.39 is 0 Å². The molecule has 0 radical (unpaired) electrons. The molecule has 0 bridgehead atoms. The standard InChI is InChI=1S/C16H14BrNS/c1-10-14(9-15(17)19-10)16(18)13-7-6-11-4-2-3-5-12(11)8-13/h2-9,16H,18H2,1H3. The third-order valence-electron chi connectivity index (χ3n) is 3.39. The number of nitrogens with two attached hydrogens (primary N) is 1. The average Bonchev–Trinajstić information content (AvgIpc) is 2.76. The second kappa shape index (κ2) is 5.08. The van der Waals surface area contributed by atoms with Crippen LogP contribution in [-0.4, -0.2) is 0 Å². The summed E-state index contributed by atoms with van der Waals surface area (Å²) in [6.07, 6.45) is 0. The van der Waals surface area contributed by atoms with Crippen molar-refractivity contribution in [2.24, 2.45) is 5.73 Å². The molecule has 0 spiro atoms. The highest BCUT2D eigenvalue weighted by Crippen LogP contribution is 2.33. The number of fused-ring (bicyclic) bond motifs is 1. The Balaban J connectivity index is 2.06. The van der Waals surface area contributed by atoms with Gasteiger partial charge in [0.2, 0.25) is 0 Å². The molecule has 2 aromatic carbocycles. The van der Waals surface area contributed by atoms with E-state index in [2.05, 4.69) is 71.4 Å². The van der Waals surface area contributed by atoms with Crippen LogP contribution in [0.5, 0.6) is 0 Å².